The van der Waals surface area contributed by atoms with Gasteiger partial charge < -0.3 is 0 Å². The molecule has 0 aliphatic heterocycles. The third-order valence-corrected chi connectivity index (χ3v) is 2.61. The Kier molecular flexibility index (Phi) is 3.52. The minimum absolute atomic E-state index is 0.106. The molecule has 2 rings (SSSR count). The number of nitrogens with two attached hydrogens (primary N) is 1. The van der Waals surface area contributed by atoms with Crippen LogP contribution < -0.4 is 11.3 Å². The Morgan fingerprint density at radius 3 is 2.78 bits per heavy atom. The smallest absolute Gasteiger partial charge is 0.239 e. The van der Waals surface area contributed by atoms with Gasteiger partial charge in [-0.05, 0) is 18.9 Å². The van der Waals surface area contributed by atoms with Crippen LogP contribution in [0.15, 0.2) is 12.3 Å². The lowest BCUT2D eigenvalue weighted by Crippen LogP contribution is -2.14. The van der Waals surface area contributed by atoms with Crippen LogP contribution in [-0.4, -0.2) is 19.7 Å². The average Bonchev–Trinajstić information content (AvgIpc) is 2.82. The van der Waals surface area contributed by atoms with E-state index in [1.54, 1.807) is 0 Å². The molecular weight excluding hydrogens is 235 g/mol. The molecule has 18 heavy (non-hydrogen) atoms. The lowest BCUT2D eigenvalue weighted by molar-refractivity contribution is 0.588. The van der Waals surface area contributed by atoms with Gasteiger partial charge in [0, 0.05) is 5.69 Å². The Balaban J connectivity index is 2.56. The number of aryl methyl sites for hydroxylation is 2. The van der Waals surface area contributed by atoms with Gasteiger partial charge in [0.05, 0.1) is 11.9 Å². The summed E-state index contributed by atoms with van der Waals surface area (Å²) in [6.07, 6.45) is 2.60. The van der Waals surface area contributed by atoms with E-state index in [0.29, 0.717) is 0 Å². The molecule has 0 saturated carbocycles. The molecule has 2 aromatic rings. The number of anilines is 1. The van der Waals surface area contributed by atoms with E-state index in [9.17, 15) is 4.39 Å². The predicted molar refractivity (Wildman–Crippen MR) is 65.7 cm³/mol. The number of nitrogens with one attached hydrogen (secondary N) is 1. The third-order valence-electron chi connectivity index (χ3n) is 2.61. The summed E-state index contributed by atoms with van der Waals surface area (Å²) in [7, 11) is 0. The van der Waals surface area contributed by atoms with Gasteiger partial charge in [0.25, 0.3) is 0 Å². The number of rotatable bonds is 4. The molecule has 0 radical (unpaired) electrons. The molecule has 0 aromatic carbocycles. The number of hydrazine groups is 1. The summed E-state index contributed by atoms with van der Waals surface area (Å²) in [6.45, 7) is 3.98. The van der Waals surface area contributed by atoms with Crippen LogP contribution in [0.2, 0.25) is 0 Å². The van der Waals surface area contributed by atoms with E-state index >= 15 is 0 Å². The Hall–Kier alpha value is -2.02. The molecule has 0 unspecified atom stereocenters. The molecule has 6 nitrogen and oxygen atoms in total. The number of nitrogens with zero attached hydrogens (tertiary/aromatic N) is 4. The molecule has 0 bridgehead atoms. The predicted octanol–water partition coefficient (Wildman–Crippen LogP) is 1.21. The Morgan fingerprint density at radius 2 is 2.17 bits per heavy atom. The quantitative estimate of drug-likeness (QED) is 0.629. The van der Waals surface area contributed by atoms with E-state index in [1.165, 1.54) is 4.68 Å². The van der Waals surface area contributed by atoms with Gasteiger partial charge in [-0.15, -0.1) is 0 Å². The fraction of sp³-hybridized carbons (Fsp3) is 0.364. The highest BCUT2D eigenvalue weighted by Crippen LogP contribution is 2.15. The molecule has 0 aliphatic rings. The summed E-state index contributed by atoms with van der Waals surface area (Å²) in [5.74, 6) is 4.95. The van der Waals surface area contributed by atoms with Crippen molar-refractivity contribution in [3.05, 3.63) is 29.5 Å². The highest BCUT2D eigenvalue weighted by Gasteiger charge is 2.14. The molecule has 0 spiro atoms. The zero-order valence-corrected chi connectivity index (χ0v) is 10.3. The normalized spacial score (nSPS) is 10.7. The van der Waals surface area contributed by atoms with Gasteiger partial charge in [0.1, 0.15) is 0 Å². The van der Waals surface area contributed by atoms with Crippen molar-refractivity contribution in [1.29, 1.82) is 0 Å². The molecule has 0 fully saturated rings. The first kappa shape index (κ1) is 12.4. The zero-order chi connectivity index (χ0) is 13.1. The molecule has 0 amide bonds. The second-order valence-electron chi connectivity index (χ2n) is 3.76. The second kappa shape index (κ2) is 5.09. The van der Waals surface area contributed by atoms with Crippen LogP contribution in [-0.2, 0) is 12.8 Å². The zero-order valence-electron chi connectivity index (χ0n) is 10.3. The van der Waals surface area contributed by atoms with Crippen LogP contribution in [0.3, 0.4) is 0 Å². The van der Waals surface area contributed by atoms with E-state index in [2.05, 4.69) is 20.5 Å². The maximum atomic E-state index is 13.8. The summed E-state index contributed by atoms with van der Waals surface area (Å²) >= 11 is 0. The van der Waals surface area contributed by atoms with Crippen molar-refractivity contribution in [2.75, 3.05) is 5.43 Å². The van der Waals surface area contributed by atoms with Gasteiger partial charge in [-0.3, -0.25) is 5.43 Å². The summed E-state index contributed by atoms with van der Waals surface area (Å²) in [6, 6.07) is 1.94. The molecule has 96 valence electrons. The highest BCUT2D eigenvalue weighted by molar-refractivity contribution is 5.33. The van der Waals surface area contributed by atoms with Crippen molar-refractivity contribution in [2.45, 2.75) is 26.7 Å². The molecule has 0 aliphatic carbocycles. The monoisotopic (exact) mass is 250 g/mol. The van der Waals surface area contributed by atoms with Crippen molar-refractivity contribution in [3.8, 4) is 5.82 Å². The third kappa shape index (κ3) is 2.17. The van der Waals surface area contributed by atoms with E-state index in [-0.39, 0.29) is 11.8 Å². The van der Waals surface area contributed by atoms with E-state index < -0.39 is 5.82 Å². The van der Waals surface area contributed by atoms with Crippen molar-refractivity contribution in [3.63, 3.8) is 0 Å². The number of hydrogen-bond donors (Lipinski definition) is 2. The first-order valence-electron chi connectivity index (χ1n) is 5.76. The van der Waals surface area contributed by atoms with Crippen LogP contribution in [0.25, 0.3) is 5.82 Å². The number of aromatic nitrogens is 4. The standard InChI is InChI=1S/C11H15FN6/c1-3-7-5-8(4-2)18(17-7)10-9(12)6-14-11(15-10)16-13/h5-6H,3-4,13H2,1-2H3,(H,14,15,16). The highest BCUT2D eigenvalue weighted by atomic mass is 19.1. The minimum Gasteiger partial charge on any atom is -0.292 e. The van der Waals surface area contributed by atoms with Crippen molar-refractivity contribution in [1.82, 2.24) is 19.7 Å². The molecule has 0 saturated heterocycles. The Bertz CT molecular complexity index is 550. The van der Waals surface area contributed by atoms with Crippen LogP contribution in [0.1, 0.15) is 25.2 Å². The molecule has 7 heteroatoms. The first-order chi connectivity index (χ1) is 8.69. The SMILES string of the molecule is CCc1cc(CC)n(-c2nc(NN)ncc2F)n1. The Labute approximate surface area is 104 Å². The van der Waals surface area contributed by atoms with Crippen LogP contribution in [0, 0.1) is 5.82 Å². The number of nitrogen functional groups attached to an aromatic ring is 1. The fourth-order valence-corrected chi connectivity index (χ4v) is 1.66. The topological polar surface area (TPSA) is 81.7 Å². The number of halogens is 1. The van der Waals surface area contributed by atoms with E-state index in [1.807, 2.05) is 19.9 Å². The van der Waals surface area contributed by atoms with Gasteiger partial charge in [-0.25, -0.2) is 19.9 Å². The van der Waals surface area contributed by atoms with E-state index in [0.717, 1.165) is 30.4 Å². The molecule has 3 N–H and O–H groups in total. The molecule has 2 heterocycles. The van der Waals surface area contributed by atoms with Crippen LogP contribution in [0.5, 0.6) is 0 Å². The maximum Gasteiger partial charge on any atom is 0.239 e. The lowest BCUT2D eigenvalue weighted by Gasteiger charge is -2.07. The molecule has 0 atom stereocenters. The van der Waals surface area contributed by atoms with Gasteiger partial charge in [-0.1, -0.05) is 13.8 Å². The number of hydrogen-bond acceptors (Lipinski definition) is 5. The summed E-state index contributed by atoms with van der Waals surface area (Å²) < 4.78 is 15.3. The van der Waals surface area contributed by atoms with Crippen molar-refractivity contribution < 1.29 is 4.39 Å². The summed E-state index contributed by atoms with van der Waals surface area (Å²) in [5, 5.41) is 4.32. The van der Waals surface area contributed by atoms with Gasteiger partial charge in [0.2, 0.25) is 5.95 Å². The molecular formula is C11H15FN6. The van der Waals surface area contributed by atoms with Gasteiger partial charge in [0.15, 0.2) is 11.6 Å². The van der Waals surface area contributed by atoms with Crippen LogP contribution >= 0.6 is 0 Å². The first-order valence-corrected chi connectivity index (χ1v) is 5.76. The summed E-state index contributed by atoms with van der Waals surface area (Å²) in [5.41, 5.74) is 4.08. The largest absolute Gasteiger partial charge is 0.292 e. The lowest BCUT2D eigenvalue weighted by atomic mass is 10.2. The molecule has 2 aromatic heterocycles. The second-order valence-corrected chi connectivity index (χ2v) is 3.76. The van der Waals surface area contributed by atoms with Crippen LogP contribution in [0.4, 0.5) is 10.3 Å². The van der Waals surface area contributed by atoms with Crippen molar-refractivity contribution in [2.24, 2.45) is 5.84 Å². The van der Waals surface area contributed by atoms with Gasteiger partial charge in [-0.2, -0.15) is 10.1 Å². The summed E-state index contributed by atoms with van der Waals surface area (Å²) in [4.78, 5) is 7.70. The van der Waals surface area contributed by atoms with Gasteiger partial charge >= 0.3 is 0 Å². The average molecular weight is 250 g/mol. The van der Waals surface area contributed by atoms with Crippen molar-refractivity contribution >= 4 is 5.95 Å². The fourth-order valence-electron chi connectivity index (χ4n) is 1.66. The maximum absolute atomic E-state index is 13.8. The van der Waals surface area contributed by atoms with E-state index in [4.69, 9.17) is 5.84 Å². The minimum atomic E-state index is -0.533. The Morgan fingerprint density at radius 1 is 1.39 bits per heavy atom.